The topological polar surface area (TPSA) is 140 Å². The van der Waals surface area contributed by atoms with Crippen LogP contribution >= 0.6 is 46.7 Å². The number of carbonyl (C=O) groups excluding carboxylic acids is 2. The van der Waals surface area contributed by atoms with Crippen molar-refractivity contribution in [3.05, 3.63) is 154 Å². The van der Waals surface area contributed by atoms with Crippen LogP contribution in [0.4, 0.5) is 8.78 Å². The molecule has 2 aliphatic heterocycles. The van der Waals surface area contributed by atoms with E-state index in [1.165, 1.54) is 68.2 Å². The van der Waals surface area contributed by atoms with Gasteiger partial charge in [-0.1, -0.05) is 81.4 Å². The molecule has 1 N–H and O–H groups in total. The number of rotatable bonds is 9. The van der Waals surface area contributed by atoms with Gasteiger partial charge in [0.1, 0.15) is 38.9 Å². The molecule has 0 aliphatic carbocycles. The predicted molar refractivity (Wildman–Crippen MR) is 273 cm³/mol. The normalized spacial score (nSPS) is 14.7. The van der Waals surface area contributed by atoms with Gasteiger partial charge in [0, 0.05) is 59.2 Å². The molecular weight excluding hydrogens is 960 g/mol. The molecule has 1 amide bonds. The second-order valence-corrected chi connectivity index (χ2v) is 17.7. The summed E-state index contributed by atoms with van der Waals surface area (Å²) in [5.74, 6) is 2.42. The van der Waals surface area contributed by atoms with E-state index in [9.17, 15) is 18.4 Å². The van der Waals surface area contributed by atoms with E-state index in [4.69, 9.17) is 21.6 Å². The molecule has 4 aromatic heterocycles. The molecule has 0 saturated carbocycles. The van der Waals surface area contributed by atoms with E-state index in [1.54, 1.807) is 27.6 Å². The largest absolute Gasteiger partial charge is 0.327 e. The van der Waals surface area contributed by atoms with Gasteiger partial charge >= 0.3 is 0 Å². The molecule has 6 heterocycles. The number of halogens is 4. The van der Waals surface area contributed by atoms with Gasteiger partial charge in [0.25, 0.3) is 11.1 Å². The first-order valence-corrected chi connectivity index (χ1v) is 24.5. The van der Waals surface area contributed by atoms with Crippen LogP contribution in [-0.4, -0.2) is 93.2 Å². The Kier molecular flexibility index (Phi) is 18.9. The van der Waals surface area contributed by atoms with Gasteiger partial charge in [-0.2, -0.15) is 0 Å². The highest BCUT2D eigenvalue weighted by atomic mass is 35.5. The van der Waals surface area contributed by atoms with Crippen molar-refractivity contribution in [1.29, 1.82) is 0 Å². The minimum atomic E-state index is -0.569. The van der Waals surface area contributed by atoms with E-state index in [2.05, 4.69) is 80.4 Å². The molecule has 4 aromatic carbocycles. The van der Waals surface area contributed by atoms with Crippen molar-refractivity contribution in [1.82, 2.24) is 54.6 Å². The minimum Gasteiger partial charge on any atom is -0.327 e. The highest BCUT2D eigenvalue weighted by Gasteiger charge is 2.32. The number of fused-ring (bicyclic) bond motifs is 2. The Labute approximate surface area is 419 Å². The summed E-state index contributed by atoms with van der Waals surface area (Å²) < 4.78 is 29.6. The number of carbonyl (C=O) groups is 2. The van der Waals surface area contributed by atoms with Gasteiger partial charge in [-0.15, -0.1) is 55.5 Å². The maximum atomic E-state index is 13.2. The Morgan fingerprint density at radius 3 is 1.58 bits per heavy atom. The highest BCUT2D eigenvalue weighted by Crippen LogP contribution is 2.33. The quantitative estimate of drug-likeness (QED) is 0.139. The average Bonchev–Trinajstić information content (AvgIpc) is 4.21. The number of nitrogens with one attached hydrogen (secondary N) is 1. The van der Waals surface area contributed by atoms with Gasteiger partial charge in [0.2, 0.25) is 0 Å². The van der Waals surface area contributed by atoms with E-state index >= 15 is 0 Å². The smallest absolute Gasteiger partial charge is 0.254 e. The molecule has 13 nitrogen and oxygen atoms in total. The van der Waals surface area contributed by atoms with Crippen LogP contribution in [0.15, 0.2) is 120 Å². The molecule has 2 aliphatic rings. The summed E-state index contributed by atoms with van der Waals surface area (Å²) in [5.41, 5.74) is 4.67. The standard InChI is InChI=1S/C22H18FN5OS.C15H15N5S.C7H4ClFO.C6H15N.ClH/c1-14-19-25-26-20(18-13-30-21(24-18)15-5-3-2-4-6-15)28(19)12-11-27(14)22(29)16-7-9-17(23)10-8-16;1-10-13-18-19-14(20(13)8-7-16-10)12-9-21-15(17-12)11-5-3-2-4-6-11;8-7(10)5-1-3-6(9)4-2-5;1-4-7(5-2)6-3;/h2-10,13-14H,11-12H2,1H3;2-6,9-10,16H,7-8H2,1H3;1-4H;4-6H2,1-3H3;1H. The maximum Gasteiger partial charge on any atom is 0.254 e. The minimum absolute atomic E-state index is 0. The second kappa shape index (κ2) is 25.0. The molecule has 69 heavy (non-hydrogen) atoms. The molecule has 0 fully saturated rings. The monoisotopic (exact) mass is 1010 g/mol. The number of amides is 1. The average molecular weight is 1010 g/mol. The third-order valence-electron chi connectivity index (χ3n) is 11.4. The zero-order valence-corrected chi connectivity index (χ0v) is 42.0. The predicted octanol–water partition coefficient (Wildman–Crippen LogP) is 11.1. The molecular formula is C50H53Cl2F2N11O2S2. The van der Waals surface area contributed by atoms with Gasteiger partial charge in [-0.3, -0.25) is 9.59 Å². The van der Waals surface area contributed by atoms with Crippen molar-refractivity contribution in [3.8, 4) is 44.2 Å². The van der Waals surface area contributed by atoms with Crippen LogP contribution in [0.25, 0.3) is 44.2 Å². The van der Waals surface area contributed by atoms with E-state index in [0.29, 0.717) is 30.0 Å². The van der Waals surface area contributed by atoms with Crippen LogP contribution in [0.5, 0.6) is 0 Å². The number of thiazole rings is 2. The number of aromatic nitrogens is 8. The lowest BCUT2D eigenvalue weighted by Gasteiger charge is -2.33. The summed E-state index contributed by atoms with van der Waals surface area (Å²) in [6, 6.07) is 30.9. The summed E-state index contributed by atoms with van der Waals surface area (Å²) in [4.78, 5) is 36.9. The van der Waals surface area contributed by atoms with E-state index in [1.807, 2.05) is 65.4 Å². The molecule has 19 heteroatoms. The van der Waals surface area contributed by atoms with E-state index in [-0.39, 0.29) is 42.0 Å². The third kappa shape index (κ3) is 13.0. The number of hydrogen-bond acceptors (Lipinski definition) is 12. The zero-order valence-electron chi connectivity index (χ0n) is 38.8. The van der Waals surface area contributed by atoms with Gasteiger partial charge < -0.3 is 24.3 Å². The lowest BCUT2D eigenvalue weighted by Crippen LogP contribution is -2.41. The molecule has 2 unspecified atom stereocenters. The Hall–Kier alpha value is -6.08. The maximum absolute atomic E-state index is 13.2. The molecule has 0 bridgehead atoms. The number of benzene rings is 4. The Morgan fingerprint density at radius 1 is 0.652 bits per heavy atom. The molecule has 360 valence electrons. The SMILES string of the molecule is CC1NCCn2c(-c3csc(-c4ccccc4)n3)nnc21.CC1c2nnc(-c3csc(-c4ccccc4)n3)n2CCN1C(=O)c1ccc(F)cc1.CCN(CC)CC.Cl.O=C(Cl)c1ccc(F)cc1. The van der Waals surface area contributed by atoms with E-state index < -0.39 is 5.24 Å². The second-order valence-electron chi connectivity index (χ2n) is 15.6. The summed E-state index contributed by atoms with van der Waals surface area (Å²) >= 11 is 8.31. The number of nitrogens with zero attached hydrogens (tertiary/aromatic N) is 10. The first-order chi connectivity index (χ1) is 33.0. The van der Waals surface area contributed by atoms with Crippen LogP contribution in [-0.2, 0) is 13.1 Å². The molecule has 8 aromatic rings. The zero-order chi connectivity index (χ0) is 48.2. The fraction of sp³-hybridized carbons (Fsp3) is 0.280. The van der Waals surface area contributed by atoms with Gasteiger partial charge in [-0.25, -0.2) is 18.7 Å². The highest BCUT2D eigenvalue weighted by molar-refractivity contribution is 7.13. The molecule has 0 spiro atoms. The number of hydrogen-bond donors (Lipinski definition) is 1. The molecule has 0 radical (unpaired) electrons. The fourth-order valence-electron chi connectivity index (χ4n) is 7.57. The first-order valence-electron chi connectivity index (χ1n) is 22.4. The van der Waals surface area contributed by atoms with Gasteiger partial charge in [-0.05, 0) is 93.6 Å². The first kappa shape index (κ1) is 52.3. The molecule has 10 rings (SSSR count). The van der Waals surface area contributed by atoms with Crippen molar-refractivity contribution in [2.45, 2.75) is 59.8 Å². The van der Waals surface area contributed by atoms with Gasteiger partial charge in [0.15, 0.2) is 17.5 Å². The lowest BCUT2D eigenvalue weighted by atomic mass is 10.1. The van der Waals surface area contributed by atoms with Crippen molar-refractivity contribution in [2.24, 2.45) is 0 Å². The van der Waals surface area contributed by atoms with Crippen LogP contribution in [0.1, 0.15) is 79.1 Å². The summed E-state index contributed by atoms with van der Waals surface area (Å²) in [5, 5.41) is 26.2. The third-order valence-corrected chi connectivity index (χ3v) is 13.4. The van der Waals surface area contributed by atoms with E-state index in [0.717, 1.165) is 63.1 Å². The van der Waals surface area contributed by atoms with Gasteiger partial charge in [0.05, 0.1) is 12.1 Å². The van der Waals surface area contributed by atoms with Crippen molar-refractivity contribution < 1.29 is 18.4 Å². The Balaban J connectivity index is 0.000000173. The van der Waals surface area contributed by atoms with Crippen LogP contribution < -0.4 is 5.32 Å². The summed E-state index contributed by atoms with van der Waals surface area (Å²) in [6.45, 7) is 17.1. The van der Waals surface area contributed by atoms with Crippen molar-refractivity contribution in [3.63, 3.8) is 0 Å². The summed E-state index contributed by atoms with van der Waals surface area (Å²) in [7, 11) is 0. The summed E-state index contributed by atoms with van der Waals surface area (Å²) in [6.07, 6.45) is 0. The fourth-order valence-corrected chi connectivity index (χ4v) is 9.31. The Bertz CT molecular complexity index is 2870. The van der Waals surface area contributed by atoms with Crippen molar-refractivity contribution in [2.75, 3.05) is 32.7 Å². The molecule has 0 saturated heterocycles. The molecule has 2 atom stereocenters. The van der Waals surface area contributed by atoms with Crippen molar-refractivity contribution >= 4 is 57.8 Å². The van der Waals surface area contributed by atoms with Crippen LogP contribution in [0.2, 0.25) is 0 Å². The van der Waals surface area contributed by atoms with Crippen LogP contribution in [0, 0.1) is 11.6 Å². The van der Waals surface area contributed by atoms with Crippen LogP contribution in [0.3, 0.4) is 0 Å². The lowest BCUT2D eigenvalue weighted by molar-refractivity contribution is 0.0638. The Morgan fingerprint density at radius 2 is 1.12 bits per heavy atom.